The Bertz CT molecular complexity index is 178. The second-order valence-corrected chi connectivity index (χ2v) is 5.33. The fourth-order valence-electron chi connectivity index (χ4n) is 0.988. The summed E-state index contributed by atoms with van der Waals surface area (Å²) in [6.07, 6.45) is 4.56. The molecule has 0 heterocycles. The van der Waals surface area contributed by atoms with Crippen molar-refractivity contribution in [2.45, 2.75) is 29.8 Å². The average Bonchev–Trinajstić information content (AvgIpc) is 2.81. The molecule has 0 bridgehead atoms. The number of hydrogen-bond acceptors (Lipinski definition) is 3. The minimum atomic E-state index is -0.192. The van der Waals surface area contributed by atoms with Crippen LogP contribution in [0.15, 0.2) is 0 Å². The third-order valence-electron chi connectivity index (χ3n) is 2.20. The highest BCUT2D eigenvalue weighted by atomic mass is 32.2. The Hall–Kier alpha value is 0.170. The number of carbonyl (C=O) groups is 1. The monoisotopic (exact) mass is 205 g/mol. The second-order valence-electron chi connectivity index (χ2n) is 3.28. The second kappa shape index (κ2) is 3.92. The predicted octanol–water partition coefficient (Wildman–Crippen LogP) is 1.32. The molecule has 1 fully saturated rings. The van der Waals surface area contributed by atoms with Crippen LogP contribution >= 0.6 is 24.4 Å². The van der Waals surface area contributed by atoms with Gasteiger partial charge in [-0.1, -0.05) is 0 Å². The van der Waals surface area contributed by atoms with Crippen molar-refractivity contribution in [2.24, 2.45) is 0 Å². The van der Waals surface area contributed by atoms with Gasteiger partial charge in [0.15, 0.2) is 0 Å². The maximum atomic E-state index is 11.1. The molecule has 4 heteroatoms. The summed E-state index contributed by atoms with van der Waals surface area (Å²) < 4.78 is 0.359. The molecule has 1 aliphatic carbocycles. The first kappa shape index (κ1) is 10.3. The number of nitrogens with one attached hydrogen (secondary N) is 1. The molecule has 0 spiro atoms. The Morgan fingerprint density at radius 2 is 2.33 bits per heavy atom. The number of rotatable bonds is 4. The third-order valence-corrected chi connectivity index (χ3v) is 3.86. The van der Waals surface area contributed by atoms with Crippen LogP contribution < -0.4 is 5.32 Å². The molecule has 1 rings (SSSR count). The standard InChI is InChI=1S/C8H15NOS2/c1-6(11)7(10)9-5-8(12-2)3-4-8/h6,11H,3-5H2,1-2H3,(H,9,10). The molecule has 12 heavy (non-hydrogen) atoms. The zero-order valence-corrected chi connectivity index (χ0v) is 9.17. The van der Waals surface area contributed by atoms with Crippen LogP contribution in [0.3, 0.4) is 0 Å². The van der Waals surface area contributed by atoms with Gasteiger partial charge in [0, 0.05) is 11.3 Å². The quantitative estimate of drug-likeness (QED) is 0.678. The van der Waals surface area contributed by atoms with Crippen LogP contribution in [0.5, 0.6) is 0 Å². The van der Waals surface area contributed by atoms with E-state index >= 15 is 0 Å². The Morgan fingerprint density at radius 1 is 1.75 bits per heavy atom. The molecule has 1 N–H and O–H groups in total. The molecular formula is C8H15NOS2. The van der Waals surface area contributed by atoms with E-state index in [1.807, 2.05) is 11.8 Å². The number of carbonyl (C=O) groups excluding carboxylic acids is 1. The molecule has 2 nitrogen and oxygen atoms in total. The van der Waals surface area contributed by atoms with Crippen molar-refractivity contribution in [1.29, 1.82) is 0 Å². The first-order chi connectivity index (χ1) is 5.59. The Morgan fingerprint density at radius 3 is 2.67 bits per heavy atom. The average molecular weight is 205 g/mol. The molecule has 0 aromatic carbocycles. The summed E-state index contributed by atoms with van der Waals surface area (Å²) in [5.74, 6) is 0.0404. The lowest BCUT2D eigenvalue weighted by molar-refractivity contribution is -0.120. The minimum absolute atomic E-state index is 0.0404. The van der Waals surface area contributed by atoms with E-state index in [-0.39, 0.29) is 11.2 Å². The molecule has 1 amide bonds. The van der Waals surface area contributed by atoms with Crippen molar-refractivity contribution in [3.8, 4) is 0 Å². The van der Waals surface area contributed by atoms with E-state index in [1.54, 1.807) is 6.92 Å². The van der Waals surface area contributed by atoms with E-state index in [9.17, 15) is 4.79 Å². The fourth-order valence-corrected chi connectivity index (χ4v) is 1.81. The molecular weight excluding hydrogens is 190 g/mol. The van der Waals surface area contributed by atoms with Gasteiger partial charge in [0.1, 0.15) is 0 Å². The summed E-state index contributed by atoms with van der Waals surface area (Å²) in [5, 5.41) is 2.71. The Labute approximate surface area is 83.3 Å². The first-order valence-corrected chi connectivity index (χ1v) is 5.85. The maximum Gasteiger partial charge on any atom is 0.232 e. The molecule has 1 unspecified atom stereocenters. The molecule has 1 aliphatic rings. The van der Waals surface area contributed by atoms with Gasteiger partial charge in [-0.3, -0.25) is 4.79 Å². The van der Waals surface area contributed by atoms with Crippen LogP contribution in [-0.2, 0) is 4.79 Å². The fraction of sp³-hybridized carbons (Fsp3) is 0.875. The lowest BCUT2D eigenvalue weighted by Gasteiger charge is -2.13. The molecule has 0 aliphatic heterocycles. The van der Waals surface area contributed by atoms with E-state index in [4.69, 9.17) is 0 Å². The van der Waals surface area contributed by atoms with Crippen LogP contribution in [0.4, 0.5) is 0 Å². The highest BCUT2D eigenvalue weighted by molar-refractivity contribution is 8.00. The lowest BCUT2D eigenvalue weighted by Crippen LogP contribution is -2.35. The topological polar surface area (TPSA) is 29.1 Å². The van der Waals surface area contributed by atoms with Gasteiger partial charge in [0.2, 0.25) is 5.91 Å². The highest BCUT2D eigenvalue weighted by Crippen LogP contribution is 2.46. The zero-order valence-electron chi connectivity index (χ0n) is 7.46. The summed E-state index contributed by atoms with van der Waals surface area (Å²) in [7, 11) is 0. The Balaban J connectivity index is 2.21. The Kier molecular flexibility index (Phi) is 3.35. The summed E-state index contributed by atoms with van der Waals surface area (Å²) >= 11 is 5.91. The number of amides is 1. The van der Waals surface area contributed by atoms with Crippen LogP contribution in [0.2, 0.25) is 0 Å². The number of thioether (sulfide) groups is 1. The van der Waals surface area contributed by atoms with Gasteiger partial charge in [-0.05, 0) is 26.0 Å². The predicted molar refractivity (Wildman–Crippen MR) is 56.9 cm³/mol. The minimum Gasteiger partial charge on any atom is -0.354 e. The zero-order chi connectivity index (χ0) is 9.19. The maximum absolute atomic E-state index is 11.1. The first-order valence-electron chi connectivity index (χ1n) is 4.10. The highest BCUT2D eigenvalue weighted by Gasteiger charge is 2.41. The number of thiol groups is 1. The van der Waals surface area contributed by atoms with E-state index in [1.165, 1.54) is 12.8 Å². The van der Waals surface area contributed by atoms with Gasteiger partial charge < -0.3 is 5.32 Å². The van der Waals surface area contributed by atoms with E-state index in [0.717, 1.165) is 6.54 Å². The van der Waals surface area contributed by atoms with Gasteiger partial charge in [-0.15, -0.1) is 0 Å². The summed E-state index contributed by atoms with van der Waals surface area (Å²) in [6, 6.07) is 0. The number of hydrogen-bond donors (Lipinski definition) is 2. The van der Waals surface area contributed by atoms with Crippen LogP contribution in [0.1, 0.15) is 19.8 Å². The van der Waals surface area contributed by atoms with Crippen molar-refractivity contribution in [1.82, 2.24) is 5.32 Å². The van der Waals surface area contributed by atoms with Gasteiger partial charge in [-0.2, -0.15) is 24.4 Å². The van der Waals surface area contributed by atoms with Gasteiger partial charge in [0.25, 0.3) is 0 Å². The summed E-state index contributed by atoms with van der Waals surface area (Å²) in [5.41, 5.74) is 0. The van der Waals surface area contributed by atoms with Crippen molar-refractivity contribution >= 4 is 30.3 Å². The lowest BCUT2D eigenvalue weighted by atomic mass is 10.3. The smallest absolute Gasteiger partial charge is 0.232 e. The molecule has 0 aromatic rings. The van der Waals surface area contributed by atoms with E-state index < -0.39 is 0 Å². The van der Waals surface area contributed by atoms with Crippen LogP contribution in [-0.4, -0.2) is 28.7 Å². The summed E-state index contributed by atoms with van der Waals surface area (Å²) in [4.78, 5) is 11.1. The molecule has 70 valence electrons. The molecule has 0 radical (unpaired) electrons. The van der Waals surface area contributed by atoms with Crippen molar-refractivity contribution in [3.63, 3.8) is 0 Å². The van der Waals surface area contributed by atoms with Gasteiger partial charge >= 0.3 is 0 Å². The van der Waals surface area contributed by atoms with Gasteiger partial charge in [-0.25, -0.2) is 0 Å². The van der Waals surface area contributed by atoms with Crippen molar-refractivity contribution < 1.29 is 4.79 Å². The molecule has 0 saturated heterocycles. The normalized spacial score (nSPS) is 21.6. The molecule has 0 aromatic heterocycles. The summed E-state index contributed by atoms with van der Waals surface area (Å²) in [6.45, 7) is 2.59. The SMILES string of the molecule is CSC1(CNC(=O)C(C)S)CC1. The van der Waals surface area contributed by atoms with E-state index in [2.05, 4.69) is 24.2 Å². The van der Waals surface area contributed by atoms with Crippen LogP contribution in [0.25, 0.3) is 0 Å². The molecule has 1 atom stereocenters. The largest absolute Gasteiger partial charge is 0.354 e. The van der Waals surface area contributed by atoms with E-state index in [0.29, 0.717) is 4.75 Å². The van der Waals surface area contributed by atoms with Crippen LogP contribution in [0, 0.1) is 0 Å². The van der Waals surface area contributed by atoms with Crippen molar-refractivity contribution in [2.75, 3.05) is 12.8 Å². The third kappa shape index (κ3) is 2.59. The van der Waals surface area contributed by atoms with Crippen molar-refractivity contribution in [3.05, 3.63) is 0 Å². The van der Waals surface area contributed by atoms with Gasteiger partial charge in [0.05, 0.1) is 5.25 Å². The molecule has 1 saturated carbocycles.